The summed E-state index contributed by atoms with van der Waals surface area (Å²) in [5, 5.41) is 3.22. The van der Waals surface area contributed by atoms with E-state index in [0.29, 0.717) is 6.61 Å². The van der Waals surface area contributed by atoms with Gasteiger partial charge in [0.25, 0.3) is 0 Å². The molecule has 0 fully saturated rings. The molecule has 1 N–H and O–H groups in total. The smallest absolute Gasteiger partial charge is 0.227 e. The molecule has 0 aliphatic carbocycles. The SMILES string of the molecule is CCCN(CCC)c1nccc(NCCOC)n1. The Balaban J connectivity index is 2.65. The first kappa shape index (κ1) is 14.7. The summed E-state index contributed by atoms with van der Waals surface area (Å²) in [5.41, 5.74) is 0. The average molecular weight is 252 g/mol. The lowest BCUT2D eigenvalue weighted by atomic mass is 10.4. The molecule has 0 aromatic carbocycles. The molecule has 5 nitrogen and oxygen atoms in total. The van der Waals surface area contributed by atoms with E-state index in [0.717, 1.165) is 44.2 Å². The van der Waals surface area contributed by atoms with Crippen LogP contribution in [-0.4, -0.2) is 43.3 Å². The second-order valence-corrected chi connectivity index (χ2v) is 4.15. The lowest BCUT2D eigenvalue weighted by Gasteiger charge is -2.21. The van der Waals surface area contributed by atoms with E-state index in [4.69, 9.17) is 4.74 Å². The number of nitrogens with zero attached hydrogens (tertiary/aromatic N) is 3. The predicted molar refractivity (Wildman–Crippen MR) is 75.2 cm³/mol. The molecule has 0 spiro atoms. The van der Waals surface area contributed by atoms with Crippen LogP contribution in [0.25, 0.3) is 0 Å². The van der Waals surface area contributed by atoms with Crippen LogP contribution < -0.4 is 10.2 Å². The topological polar surface area (TPSA) is 50.3 Å². The van der Waals surface area contributed by atoms with Gasteiger partial charge in [0.2, 0.25) is 5.95 Å². The average Bonchev–Trinajstić information content (AvgIpc) is 2.39. The van der Waals surface area contributed by atoms with Crippen molar-refractivity contribution in [3.63, 3.8) is 0 Å². The van der Waals surface area contributed by atoms with Crippen LogP contribution in [0.15, 0.2) is 12.3 Å². The lowest BCUT2D eigenvalue weighted by molar-refractivity contribution is 0.210. The third-order valence-electron chi connectivity index (χ3n) is 2.53. The molecule has 0 unspecified atom stereocenters. The Labute approximate surface area is 110 Å². The molecule has 0 saturated carbocycles. The van der Waals surface area contributed by atoms with Crippen LogP contribution in [0.2, 0.25) is 0 Å². The van der Waals surface area contributed by atoms with Crippen molar-refractivity contribution in [2.45, 2.75) is 26.7 Å². The molecule has 0 aliphatic heterocycles. The Morgan fingerprint density at radius 1 is 1.28 bits per heavy atom. The zero-order chi connectivity index (χ0) is 13.2. The van der Waals surface area contributed by atoms with Crippen LogP contribution in [0, 0.1) is 0 Å². The summed E-state index contributed by atoms with van der Waals surface area (Å²) in [6.07, 6.45) is 4.01. The van der Waals surface area contributed by atoms with Crippen molar-refractivity contribution in [1.82, 2.24) is 9.97 Å². The Morgan fingerprint density at radius 3 is 2.61 bits per heavy atom. The number of rotatable bonds is 9. The number of anilines is 2. The third-order valence-corrected chi connectivity index (χ3v) is 2.53. The van der Waals surface area contributed by atoms with Crippen LogP contribution in [0.5, 0.6) is 0 Å². The van der Waals surface area contributed by atoms with Gasteiger partial charge in [0.1, 0.15) is 5.82 Å². The molecule has 1 aromatic heterocycles. The quantitative estimate of drug-likeness (QED) is 0.683. The molecule has 18 heavy (non-hydrogen) atoms. The third kappa shape index (κ3) is 4.87. The minimum Gasteiger partial charge on any atom is -0.383 e. The fraction of sp³-hybridized carbons (Fsp3) is 0.692. The maximum atomic E-state index is 5.00. The highest BCUT2D eigenvalue weighted by Crippen LogP contribution is 2.11. The van der Waals surface area contributed by atoms with Gasteiger partial charge in [0, 0.05) is 32.9 Å². The summed E-state index contributed by atoms with van der Waals surface area (Å²) in [6, 6.07) is 1.88. The van der Waals surface area contributed by atoms with Gasteiger partial charge in [0.15, 0.2) is 0 Å². The lowest BCUT2D eigenvalue weighted by Crippen LogP contribution is -2.27. The van der Waals surface area contributed by atoms with E-state index < -0.39 is 0 Å². The van der Waals surface area contributed by atoms with Gasteiger partial charge in [0.05, 0.1) is 6.61 Å². The summed E-state index contributed by atoms with van der Waals surface area (Å²) < 4.78 is 5.00. The minimum absolute atomic E-state index is 0.674. The summed E-state index contributed by atoms with van der Waals surface area (Å²) in [5.74, 6) is 1.66. The van der Waals surface area contributed by atoms with E-state index in [1.807, 2.05) is 6.07 Å². The molecule has 102 valence electrons. The van der Waals surface area contributed by atoms with Crippen LogP contribution in [0.1, 0.15) is 26.7 Å². The van der Waals surface area contributed by atoms with E-state index >= 15 is 0 Å². The van der Waals surface area contributed by atoms with Crippen LogP contribution in [-0.2, 0) is 4.74 Å². The van der Waals surface area contributed by atoms with Crippen LogP contribution in [0.4, 0.5) is 11.8 Å². The van der Waals surface area contributed by atoms with Gasteiger partial charge in [-0.05, 0) is 18.9 Å². The van der Waals surface area contributed by atoms with Gasteiger partial charge in [-0.1, -0.05) is 13.8 Å². The van der Waals surface area contributed by atoms with Crippen molar-refractivity contribution in [2.24, 2.45) is 0 Å². The van der Waals surface area contributed by atoms with Crippen LogP contribution >= 0.6 is 0 Å². The molecule has 0 atom stereocenters. The normalized spacial score (nSPS) is 10.4. The molecule has 0 saturated heterocycles. The van der Waals surface area contributed by atoms with Crippen molar-refractivity contribution < 1.29 is 4.74 Å². The molecular weight excluding hydrogens is 228 g/mol. The fourth-order valence-corrected chi connectivity index (χ4v) is 1.73. The molecule has 0 radical (unpaired) electrons. The number of hydrogen-bond acceptors (Lipinski definition) is 5. The Bertz CT molecular complexity index is 327. The first-order valence-corrected chi connectivity index (χ1v) is 6.62. The highest BCUT2D eigenvalue weighted by molar-refractivity contribution is 5.41. The van der Waals surface area contributed by atoms with Gasteiger partial charge in [-0.25, -0.2) is 4.98 Å². The zero-order valence-corrected chi connectivity index (χ0v) is 11.6. The highest BCUT2D eigenvalue weighted by Gasteiger charge is 2.07. The number of hydrogen-bond donors (Lipinski definition) is 1. The van der Waals surface area contributed by atoms with Crippen LogP contribution in [0.3, 0.4) is 0 Å². The summed E-state index contributed by atoms with van der Waals surface area (Å²) in [4.78, 5) is 11.1. The Morgan fingerprint density at radius 2 is 2.00 bits per heavy atom. The van der Waals surface area contributed by atoms with Gasteiger partial charge in [-0.3, -0.25) is 0 Å². The maximum absolute atomic E-state index is 5.00. The van der Waals surface area contributed by atoms with Crippen molar-refractivity contribution in [3.8, 4) is 0 Å². The molecule has 0 bridgehead atoms. The Kier molecular flexibility index (Phi) is 7.10. The van der Waals surface area contributed by atoms with Gasteiger partial charge < -0.3 is 15.0 Å². The number of ether oxygens (including phenoxy) is 1. The maximum Gasteiger partial charge on any atom is 0.227 e. The second kappa shape index (κ2) is 8.69. The minimum atomic E-state index is 0.674. The zero-order valence-electron chi connectivity index (χ0n) is 11.6. The van der Waals surface area contributed by atoms with Crippen molar-refractivity contribution in [2.75, 3.05) is 43.6 Å². The standard InChI is InChI=1S/C13H24N4O/c1-4-9-17(10-5-2)13-15-7-6-12(16-13)14-8-11-18-3/h6-7H,4-5,8-11H2,1-3H3,(H,14,15,16). The van der Waals surface area contributed by atoms with E-state index in [2.05, 4.69) is 34.0 Å². The molecule has 1 rings (SSSR count). The van der Waals surface area contributed by atoms with E-state index in [-0.39, 0.29) is 0 Å². The first-order valence-electron chi connectivity index (χ1n) is 6.62. The number of aromatic nitrogens is 2. The molecule has 0 aliphatic rings. The van der Waals surface area contributed by atoms with Crippen molar-refractivity contribution in [3.05, 3.63) is 12.3 Å². The van der Waals surface area contributed by atoms with E-state index in [9.17, 15) is 0 Å². The predicted octanol–water partition coefficient (Wildman–Crippen LogP) is 2.16. The molecule has 1 aromatic rings. The van der Waals surface area contributed by atoms with Gasteiger partial charge in [-0.15, -0.1) is 0 Å². The molecule has 5 heteroatoms. The second-order valence-electron chi connectivity index (χ2n) is 4.15. The highest BCUT2D eigenvalue weighted by atomic mass is 16.5. The summed E-state index contributed by atoms with van der Waals surface area (Å²) >= 11 is 0. The summed E-state index contributed by atoms with van der Waals surface area (Å²) in [6.45, 7) is 7.76. The monoisotopic (exact) mass is 252 g/mol. The summed E-state index contributed by atoms with van der Waals surface area (Å²) in [7, 11) is 1.69. The first-order chi connectivity index (χ1) is 8.81. The fourth-order valence-electron chi connectivity index (χ4n) is 1.73. The van der Waals surface area contributed by atoms with E-state index in [1.54, 1.807) is 13.3 Å². The van der Waals surface area contributed by atoms with E-state index in [1.165, 1.54) is 0 Å². The number of methoxy groups -OCH3 is 1. The largest absolute Gasteiger partial charge is 0.383 e. The van der Waals surface area contributed by atoms with Gasteiger partial charge >= 0.3 is 0 Å². The Hall–Kier alpha value is -1.36. The molecule has 1 heterocycles. The number of nitrogens with one attached hydrogen (secondary N) is 1. The van der Waals surface area contributed by atoms with Crippen molar-refractivity contribution in [1.29, 1.82) is 0 Å². The van der Waals surface area contributed by atoms with Crippen molar-refractivity contribution >= 4 is 11.8 Å². The molecule has 0 amide bonds. The molecular formula is C13H24N4O. The van der Waals surface area contributed by atoms with Gasteiger partial charge in [-0.2, -0.15) is 4.98 Å².